The third-order valence-corrected chi connectivity index (χ3v) is 6.45. The fraction of sp³-hybridized carbons (Fsp3) is 0.259. The van der Waals surface area contributed by atoms with E-state index in [9.17, 15) is 14.9 Å². The Balaban J connectivity index is 1.97. The van der Waals surface area contributed by atoms with Crippen LogP contribution in [-0.4, -0.2) is 40.4 Å². The van der Waals surface area contributed by atoms with Gasteiger partial charge in [0.25, 0.3) is 11.5 Å². The number of pyridine rings is 1. The number of aryl methyl sites for hydroxylation is 1. The maximum Gasteiger partial charge on any atom is 0.319 e. The molecule has 0 radical (unpaired) electrons. The van der Waals surface area contributed by atoms with E-state index >= 15 is 0 Å². The highest BCUT2D eigenvalue weighted by Crippen LogP contribution is 2.42. The van der Waals surface area contributed by atoms with E-state index in [-0.39, 0.29) is 28.5 Å². The molecule has 1 unspecified atom stereocenters. The Morgan fingerprint density at radius 1 is 1.21 bits per heavy atom. The van der Waals surface area contributed by atoms with Crippen molar-refractivity contribution in [3.05, 3.63) is 80.5 Å². The summed E-state index contributed by atoms with van der Waals surface area (Å²) in [6, 6.07) is 9.71. The average Bonchev–Trinajstić information content (AvgIpc) is 3.19. The summed E-state index contributed by atoms with van der Waals surface area (Å²) in [6.45, 7) is 3.84. The number of aromatic nitrogens is 3. The van der Waals surface area contributed by atoms with Crippen LogP contribution in [-0.2, 0) is 11.8 Å². The van der Waals surface area contributed by atoms with E-state index in [1.54, 1.807) is 31.3 Å². The minimum atomic E-state index is -0.745. The van der Waals surface area contributed by atoms with Crippen molar-refractivity contribution in [2.45, 2.75) is 19.9 Å². The van der Waals surface area contributed by atoms with Gasteiger partial charge in [0.15, 0.2) is 0 Å². The van der Waals surface area contributed by atoms with Gasteiger partial charge in [-0.25, -0.2) is 9.98 Å². The standard InChI is InChI=1S/C27H26ClN7O4/c1-14(2)22(32-19-12-31-27(39-5)33-24(19)38-4)20-21(30)26(37)35(17-10-18(28)25(36)34(3)13-17)23(20)16-8-6-15(11-29)7-9-16/h6-10,12-14,23H,30H2,1-5H3. The van der Waals surface area contributed by atoms with E-state index < -0.39 is 17.5 Å². The summed E-state index contributed by atoms with van der Waals surface area (Å²) in [5.74, 6) is -0.511. The van der Waals surface area contributed by atoms with Gasteiger partial charge in [-0.1, -0.05) is 37.6 Å². The Hall–Kier alpha value is -4.69. The monoisotopic (exact) mass is 547 g/mol. The molecular weight excluding hydrogens is 522 g/mol. The summed E-state index contributed by atoms with van der Waals surface area (Å²) in [4.78, 5) is 40.7. The molecule has 1 atom stereocenters. The maximum absolute atomic E-state index is 13.8. The predicted octanol–water partition coefficient (Wildman–Crippen LogP) is 3.45. The number of anilines is 1. The van der Waals surface area contributed by atoms with Crippen LogP contribution in [0, 0.1) is 17.2 Å². The first-order chi connectivity index (χ1) is 18.6. The molecule has 0 aliphatic carbocycles. The summed E-state index contributed by atoms with van der Waals surface area (Å²) in [6.07, 6.45) is 2.98. The molecule has 1 aromatic carbocycles. The molecule has 2 N–H and O–H groups in total. The molecule has 11 nitrogen and oxygen atoms in total. The fourth-order valence-electron chi connectivity index (χ4n) is 4.32. The number of amides is 1. The van der Waals surface area contributed by atoms with Crippen molar-refractivity contribution in [1.29, 1.82) is 5.26 Å². The molecule has 0 saturated heterocycles. The molecule has 12 heteroatoms. The van der Waals surface area contributed by atoms with Gasteiger partial charge in [-0.05, 0) is 29.7 Å². The molecule has 0 saturated carbocycles. The normalized spacial score (nSPS) is 15.6. The van der Waals surface area contributed by atoms with Crippen LogP contribution < -0.4 is 25.7 Å². The maximum atomic E-state index is 13.8. The highest BCUT2D eigenvalue weighted by Gasteiger charge is 2.43. The van der Waals surface area contributed by atoms with Gasteiger partial charge in [-0.2, -0.15) is 10.2 Å². The van der Waals surface area contributed by atoms with Crippen LogP contribution >= 0.6 is 11.6 Å². The lowest BCUT2D eigenvalue weighted by molar-refractivity contribution is -0.114. The van der Waals surface area contributed by atoms with Crippen molar-refractivity contribution < 1.29 is 14.3 Å². The molecule has 3 aromatic rings. The van der Waals surface area contributed by atoms with Gasteiger partial charge in [0, 0.05) is 18.8 Å². The SMILES string of the molecule is COc1ncc(N=C(C2=C(N)C(=O)N(c3cc(Cl)c(=O)n(C)c3)C2c2ccc(C#N)cc2)C(C)C)c(OC)n1. The Morgan fingerprint density at radius 3 is 2.46 bits per heavy atom. The number of carbonyl (C=O) groups excluding carboxylic acids is 1. The van der Waals surface area contributed by atoms with E-state index in [1.807, 2.05) is 13.8 Å². The summed E-state index contributed by atoms with van der Waals surface area (Å²) in [5.41, 5.74) is 8.87. The lowest BCUT2D eigenvalue weighted by atomic mass is 9.89. The molecule has 1 amide bonds. The number of nitriles is 1. The molecule has 0 bridgehead atoms. The van der Waals surface area contributed by atoms with Crippen molar-refractivity contribution in [1.82, 2.24) is 14.5 Å². The zero-order valence-corrected chi connectivity index (χ0v) is 22.7. The predicted molar refractivity (Wildman–Crippen MR) is 146 cm³/mol. The number of hydrogen-bond donors (Lipinski definition) is 1. The number of hydrogen-bond acceptors (Lipinski definition) is 9. The molecule has 39 heavy (non-hydrogen) atoms. The van der Waals surface area contributed by atoms with Crippen LogP contribution in [0.15, 0.2) is 63.8 Å². The second-order valence-electron chi connectivity index (χ2n) is 9.00. The summed E-state index contributed by atoms with van der Waals surface area (Å²) < 4.78 is 11.8. The number of ether oxygens (including phenoxy) is 2. The Kier molecular flexibility index (Phi) is 7.69. The summed E-state index contributed by atoms with van der Waals surface area (Å²) >= 11 is 6.22. The second-order valence-corrected chi connectivity index (χ2v) is 9.41. The zero-order valence-electron chi connectivity index (χ0n) is 22.0. The fourth-order valence-corrected chi connectivity index (χ4v) is 4.57. The lowest BCUT2D eigenvalue weighted by Gasteiger charge is -2.29. The number of nitrogens with zero attached hydrogens (tertiary/aromatic N) is 6. The average molecular weight is 548 g/mol. The molecule has 200 valence electrons. The minimum absolute atomic E-state index is 0.0183. The van der Waals surface area contributed by atoms with E-state index in [4.69, 9.17) is 31.8 Å². The molecule has 2 aromatic heterocycles. The lowest BCUT2D eigenvalue weighted by Crippen LogP contribution is -2.33. The number of methoxy groups -OCH3 is 2. The third-order valence-electron chi connectivity index (χ3n) is 6.18. The number of benzene rings is 1. The first-order valence-electron chi connectivity index (χ1n) is 11.8. The van der Waals surface area contributed by atoms with E-state index in [1.165, 1.54) is 42.1 Å². The summed E-state index contributed by atoms with van der Waals surface area (Å²) in [5, 5.41) is 9.27. The number of nitrogens with two attached hydrogens (primary N) is 1. The molecule has 4 rings (SSSR count). The van der Waals surface area contributed by atoms with E-state index in [0.717, 1.165) is 0 Å². The van der Waals surface area contributed by atoms with Gasteiger partial charge in [-0.15, -0.1) is 0 Å². The molecule has 1 aliphatic heterocycles. The van der Waals surface area contributed by atoms with Gasteiger partial charge in [0.1, 0.15) is 16.4 Å². The van der Waals surface area contributed by atoms with Crippen molar-refractivity contribution in [2.75, 3.05) is 19.1 Å². The van der Waals surface area contributed by atoms with Crippen LogP contribution in [0.25, 0.3) is 0 Å². The Labute approximate surface area is 229 Å². The topological polar surface area (TPSA) is 149 Å². The van der Waals surface area contributed by atoms with Gasteiger partial charge in [0.2, 0.25) is 5.88 Å². The van der Waals surface area contributed by atoms with Gasteiger partial charge in [0.05, 0.1) is 49.5 Å². The highest BCUT2D eigenvalue weighted by atomic mass is 35.5. The van der Waals surface area contributed by atoms with Gasteiger partial charge >= 0.3 is 6.01 Å². The first-order valence-corrected chi connectivity index (χ1v) is 12.2. The van der Waals surface area contributed by atoms with Crippen LogP contribution in [0.1, 0.15) is 31.0 Å². The molecule has 0 spiro atoms. The minimum Gasteiger partial charge on any atom is -0.479 e. The van der Waals surface area contributed by atoms with Crippen molar-refractivity contribution >= 4 is 34.6 Å². The smallest absolute Gasteiger partial charge is 0.319 e. The Bertz CT molecular complexity index is 1580. The van der Waals surface area contributed by atoms with Gasteiger partial charge < -0.3 is 19.8 Å². The second kappa shape index (κ2) is 11.0. The largest absolute Gasteiger partial charge is 0.479 e. The van der Waals surface area contributed by atoms with Crippen molar-refractivity contribution in [3.63, 3.8) is 0 Å². The van der Waals surface area contributed by atoms with Crippen LogP contribution in [0.5, 0.6) is 11.9 Å². The van der Waals surface area contributed by atoms with Crippen LogP contribution in [0.4, 0.5) is 11.4 Å². The molecule has 3 heterocycles. The number of aliphatic imine (C=N–C) groups is 1. The molecule has 1 aliphatic rings. The zero-order chi connectivity index (χ0) is 28.4. The first kappa shape index (κ1) is 27.3. The van der Waals surface area contributed by atoms with E-state index in [2.05, 4.69) is 16.0 Å². The quantitative estimate of drug-likeness (QED) is 0.442. The number of rotatable bonds is 7. The van der Waals surface area contributed by atoms with Crippen molar-refractivity contribution in [3.8, 4) is 18.0 Å². The number of carbonyl (C=O) groups is 1. The molecule has 0 fully saturated rings. The van der Waals surface area contributed by atoms with Crippen molar-refractivity contribution in [2.24, 2.45) is 23.7 Å². The van der Waals surface area contributed by atoms with Crippen LogP contribution in [0.3, 0.4) is 0 Å². The van der Waals surface area contributed by atoms with Crippen LogP contribution in [0.2, 0.25) is 5.02 Å². The molecular formula is C27H26ClN7O4. The third kappa shape index (κ3) is 5.06. The Morgan fingerprint density at radius 2 is 1.90 bits per heavy atom. The van der Waals surface area contributed by atoms with Gasteiger partial charge in [-0.3, -0.25) is 14.5 Å². The van der Waals surface area contributed by atoms with E-state index in [0.29, 0.717) is 33.8 Å². The number of halogens is 1. The highest BCUT2D eigenvalue weighted by molar-refractivity contribution is 6.31. The summed E-state index contributed by atoms with van der Waals surface area (Å²) in [7, 11) is 4.44.